The molecule has 0 unspecified atom stereocenters. The number of carbonyl (C=O) groups excluding carboxylic acids is 1. The van der Waals surface area contributed by atoms with E-state index >= 15 is 0 Å². The predicted octanol–water partition coefficient (Wildman–Crippen LogP) is 3.31. The topological polar surface area (TPSA) is 75.7 Å². The molecule has 0 spiro atoms. The van der Waals surface area contributed by atoms with Crippen molar-refractivity contribution in [2.75, 3.05) is 23.7 Å². The maximum atomic E-state index is 12.5. The van der Waals surface area contributed by atoms with Crippen molar-refractivity contribution in [2.24, 2.45) is 0 Å². The number of amides is 1. The van der Waals surface area contributed by atoms with Gasteiger partial charge in [-0.2, -0.15) is 0 Å². The van der Waals surface area contributed by atoms with Gasteiger partial charge in [0.25, 0.3) is 0 Å². The van der Waals surface area contributed by atoms with Gasteiger partial charge in [0.05, 0.1) is 18.5 Å². The Morgan fingerprint density at radius 2 is 1.82 bits per heavy atom. The molecule has 0 aliphatic carbocycles. The Balaban J connectivity index is 1.99. The van der Waals surface area contributed by atoms with E-state index in [1.165, 1.54) is 6.92 Å². The lowest BCUT2D eigenvalue weighted by molar-refractivity contribution is -0.121. The molecule has 8 heteroatoms. The quantitative estimate of drug-likeness (QED) is 0.659. The fraction of sp³-hybridized carbons (Fsp3) is 0.350. The maximum Gasteiger partial charge on any atom is 0.243 e. The first-order chi connectivity index (χ1) is 13.1. The van der Waals surface area contributed by atoms with E-state index in [-0.39, 0.29) is 13.2 Å². The highest BCUT2D eigenvalue weighted by molar-refractivity contribution is 7.92. The van der Waals surface area contributed by atoms with Gasteiger partial charge in [0.15, 0.2) is 0 Å². The molecule has 2 rings (SSSR count). The normalized spacial score (nSPS) is 12.3. The highest BCUT2D eigenvalue weighted by atomic mass is 35.5. The van der Waals surface area contributed by atoms with Gasteiger partial charge in [-0.15, -0.1) is 0 Å². The third-order valence-electron chi connectivity index (χ3n) is 4.17. The summed E-state index contributed by atoms with van der Waals surface area (Å²) in [6, 6.07) is 11.3. The summed E-state index contributed by atoms with van der Waals surface area (Å²) >= 11 is 5.87. The van der Waals surface area contributed by atoms with Crippen molar-refractivity contribution >= 4 is 33.2 Å². The highest BCUT2D eigenvalue weighted by Crippen LogP contribution is 2.23. The number of aryl methyl sites for hydroxylation is 2. The van der Waals surface area contributed by atoms with Gasteiger partial charge >= 0.3 is 0 Å². The lowest BCUT2D eigenvalue weighted by Gasteiger charge is -2.28. The van der Waals surface area contributed by atoms with Crippen LogP contribution in [0, 0.1) is 13.8 Å². The molecule has 0 fully saturated rings. The highest BCUT2D eigenvalue weighted by Gasteiger charge is 2.28. The number of benzene rings is 2. The zero-order valence-corrected chi connectivity index (χ0v) is 18.0. The molecule has 1 N–H and O–H groups in total. The molecule has 0 aliphatic heterocycles. The van der Waals surface area contributed by atoms with Crippen molar-refractivity contribution in [3.05, 3.63) is 58.6 Å². The Bertz CT molecular complexity index is 930. The molecule has 1 amide bonds. The number of sulfonamides is 1. The molecule has 0 bridgehead atoms. The van der Waals surface area contributed by atoms with Crippen molar-refractivity contribution in [2.45, 2.75) is 26.8 Å². The molecule has 0 radical (unpaired) electrons. The summed E-state index contributed by atoms with van der Waals surface area (Å²) in [6.07, 6.45) is 1.06. The van der Waals surface area contributed by atoms with Crippen LogP contribution in [0.5, 0.6) is 5.75 Å². The lowest BCUT2D eigenvalue weighted by Crippen LogP contribution is -2.48. The third-order valence-corrected chi connectivity index (χ3v) is 5.67. The van der Waals surface area contributed by atoms with Crippen LogP contribution in [-0.4, -0.2) is 39.8 Å². The molecule has 28 heavy (non-hydrogen) atoms. The minimum atomic E-state index is -3.66. The van der Waals surface area contributed by atoms with Crippen LogP contribution in [0.2, 0.25) is 5.02 Å². The maximum absolute atomic E-state index is 12.5. The van der Waals surface area contributed by atoms with E-state index in [4.69, 9.17) is 16.3 Å². The second kappa shape index (κ2) is 9.30. The molecular weight excluding hydrogens is 400 g/mol. The standard InChI is InChI=1S/C20H25ClN2O4S/c1-14-5-6-15(2)19(13-14)27-12-11-22-20(24)16(3)23(28(4,25)26)18-9-7-17(21)8-10-18/h5-10,13,16H,11-12H2,1-4H3,(H,22,24)/t16-/m0/s1. The Morgan fingerprint density at radius 1 is 1.18 bits per heavy atom. The molecule has 1 atom stereocenters. The van der Waals surface area contributed by atoms with Gasteiger partial charge in [-0.05, 0) is 62.2 Å². The van der Waals surface area contributed by atoms with Crippen LogP contribution < -0.4 is 14.4 Å². The fourth-order valence-corrected chi connectivity index (χ4v) is 4.04. The van der Waals surface area contributed by atoms with Crippen molar-refractivity contribution in [1.29, 1.82) is 0 Å². The molecule has 0 heterocycles. The number of hydrogen-bond acceptors (Lipinski definition) is 4. The smallest absolute Gasteiger partial charge is 0.243 e. The summed E-state index contributed by atoms with van der Waals surface area (Å²) < 4.78 is 31.3. The molecule has 6 nitrogen and oxygen atoms in total. The molecule has 2 aromatic rings. The average molecular weight is 425 g/mol. The van der Waals surface area contributed by atoms with E-state index in [9.17, 15) is 13.2 Å². The van der Waals surface area contributed by atoms with Crippen molar-refractivity contribution in [1.82, 2.24) is 5.32 Å². The molecule has 0 aromatic heterocycles. The van der Waals surface area contributed by atoms with Crippen LogP contribution in [-0.2, 0) is 14.8 Å². The van der Waals surface area contributed by atoms with Gasteiger partial charge in [0.2, 0.25) is 15.9 Å². The van der Waals surface area contributed by atoms with Crippen LogP contribution >= 0.6 is 11.6 Å². The fourth-order valence-electron chi connectivity index (χ4n) is 2.74. The third kappa shape index (κ3) is 5.87. The predicted molar refractivity (Wildman–Crippen MR) is 113 cm³/mol. The monoisotopic (exact) mass is 424 g/mol. The number of carbonyl (C=O) groups is 1. The number of nitrogens with zero attached hydrogens (tertiary/aromatic N) is 1. The van der Waals surface area contributed by atoms with Crippen molar-refractivity contribution in [3.8, 4) is 5.75 Å². The zero-order chi connectivity index (χ0) is 20.9. The lowest BCUT2D eigenvalue weighted by atomic mass is 10.1. The number of halogens is 1. The summed E-state index contributed by atoms with van der Waals surface area (Å²) in [6.45, 7) is 6.01. The molecule has 0 saturated carbocycles. The van der Waals surface area contributed by atoms with E-state index in [1.807, 2.05) is 32.0 Å². The van der Waals surface area contributed by atoms with E-state index in [0.29, 0.717) is 10.7 Å². The minimum absolute atomic E-state index is 0.259. The zero-order valence-electron chi connectivity index (χ0n) is 16.4. The van der Waals surface area contributed by atoms with Crippen molar-refractivity contribution in [3.63, 3.8) is 0 Å². The summed E-state index contributed by atoms with van der Waals surface area (Å²) in [5.41, 5.74) is 2.47. The Morgan fingerprint density at radius 3 is 2.43 bits per heavy atom. The van der Waals surface area contributed by atoms with Crippen LogP contribution in [0.1, 0.15) is 18.1 Å². The van der Waals surface area contributed by atoms with Crippen LogP contribution in [0.3, 0.4) is 0 Å². The van der Waals surface area contributed by atoms with Gasteiger partial charge in [-0.1, -0.05) is 23.7 Å². The van der Waals surface area contributed by atoms with E-state index in [2.05, 4.69) is 5.32 Å². The summed E-state index contributed by atoms with van der Waals surface area (Å²) in [5, 5.41) is 3.21. The number of rotatable bonds is 8. The minimum Gasteiger partial charge on any atom is -0.491 e. The Hall–Kier alpha value is -2.25. The second-order valence-corrected chi connectivity index (χ2v) is 8.92. The Kier molecular flexibility index (Phi) is 7.32. The van der Waals surface area contributed by atoms with Gasteiger partial charge in [0, 0.05) is 5.02 Å². The number of hydrogen-bond donors (Lipinski definition) is 1. The first-order valence-corrected chi connectivity index (χ1v) is 11.0. The van der Waals surface area contributed by atoms with Crippen LogP contribution in [0.25, 0.3) is 0 Å². The molecule has 152 valence electrons. The molecular formula is C20H25ClN2O4S. The Labute approximate surface area is 171 Å². The van der Waals surface area contributed by atoms with Crippen LogP contribution in [0.4, 0.5) is 5.69 Å². The number of nitrogens with one attached hydrogen (secondary N) is 1. The van der Waals surface area contributed by atoms with Gasteiger partial charge in [-0.25, -0.2) is 8.42 Å². The van der Waals surface area contributed by atoms with Crippen molar-refractivity contribution < 1.29 is 17.9 Å². The van der Waals surface area contributed by atoms with Gasteiger partial charge < -0.3 is 10.1 Å². The largest absolute Gasteiger partial charge is 0.491 e. The van der Waals surface area contributed by atoms with E-state index in [1.54, 1.807) is 24.3 Å². The van der Waals surface area contributed by atoms with Gasteiger partial charge in [0.1, 0.15) is 18.4 Å². The number of ether oxygens (including phenoxy) is 1. The SMILES string of the molecule is Cc1ccc(C)c(OCCNC(=O)[C@H](C)N(c2ccc(Cl)cc2)S(C)(=O)=O)c1. The number of anilines is 1. The second-order valence-electron chi connectivity index (χ2n) is 6.62. The molecule has 2 aromatic carbocycles. The first-order valence-electron chi connectivity index (χ1n) is 8.82. The van der Waals surface area contributed by atoms with Gasteiger partial charge in [-0.3, -0.25) is 9.10 Å². The van der Waals surface area contributed by atoms with Crippen LogP contribution in [0.15, 0.2) is 42.5 Å². The molecule has 0 saturated heterocycles. The first kappa shape index (κ1) is 22.0. The van der Waals surface area contributed by atoms with E-state index < -0.39 is 22.0 Å². The average Bonchev–Trinajstić information content (AvgIpc) is 2.62. The summed E-state index contributed by atoms with van der Waals surface area (Å²) in [5.74, 6) is 0.353. The summed E-state index contributed by atoms with van der Waals surface area (Å²) in [4.78, 5) is 12.5. The summed E-state index contributed by atoms with van der Waals surface area (Å²) in [7, 11) is -3.66. The molecule has 0 aliphatic rings. The van der Waals surface area contributed by atoms with E-state index in [0.717, 1.165) is 27.4 Å².